The topological polar surface area (TPSA) is 0 Å². The normalized spacial score (nSPS) is 31.1. The lowest BCUT2D eigenvalue weighted by Crippen LogP contribution is -2.12. The molecule has 0 nitrogen and oxygen atoms in total. The molecule has 0 aromatic rings. The van der Waals surface area contributed by atoms with Gasteiger partial charge < -0.3 is 0 Å². The van der Waals surface area contributed by atoms with Crippen molar-refractivity contribution < 1.29 is 0 Å². The number of hydrogen-bond acceptors (Lipinski definition) is 2. The van der Waals surface area contributed by atoms with Crippen LogP contribution in [-0.2, 0) is 0 Å². The molecule has 1 fully saturated rings. The maximum atomic E-state index is 6.13. The Hall–Kier alpha value is 0.990. The average Bonchev–Trinajstić information content (AvgIpc) is 2.37. The highest BCUT2D eigenvalue weighted by Gasteiger charge is 2.24. The Balaban J connectivity index is 2.05. The summed E-state index contributed by atoms with van der Waals surface area (Å²) in [5.74, 6) is 5.79. The van der Waals surface area contributed by atoms with Crippen LogP contribution in [0.15, 0.2) is 0 Å². The molecule has 0 bridgehead atoms. The molecule has 0 aromatic heterocycles. The summed E-state index contributed by atoms with van der Waals surface area (Å²) in [6.45, 7) is 2.21. The Bertz CT molecular complexity index is 108. The van der Waals surface area contributed by atoms with Gasteiger partial charge in [0.1, 0.15) is 0 Å². The molecule has 66 valence electrons. The highest BCUT2D eigenvalue weighted by molar-refractivity contribution is 7.99. The fourth-order valence-corrected chi connectivity index (χ4v) is 3.90. The van der Waals surface area contributed by atoms with Gasteiger partial charge in [-0.05, 0) is 29.6 Å². The largest absolute Gasteiger partial charge is 0.162 e. The van der Waals surface area contributed by atoms with E-state index in [0.29, 0.717) is 5.38 Å². The molecule has 2 atom stereocenters. The van der Waals surface area contributed by atoms with Crippen molar-refractivity contribution in [1.29, 1.82) is 0 Å². The standard InChI is InChI=1S/C8H15ClS2/c1-2-10-4-3-7-5-11-6-8(7)9/h7-8H,2-6H2,1H3. The van der Waals surface area contributed by atoms with Crippen molar-refractivity contribution >= 4 is 35.1 Å². The Kier molecular flexibility index (Phi) is 5.13. The van der Waals surface area contributed by atoms with Crippen LogP contribution in [0, 0.1) is 5.92 Å². The fourth-order valence-electron chi connectivity index (χ4n) is 1.22. The molecule has 0 amide bonds. The summed E-state index contributed by atoms with van der Waals surface area (Å²) in [5, 5.41) is 0.456. The first-order valence-corrected chi connectivity index (χ1v) is 6.88. The zero-order chi connectivity index (χ0) is 8.10. The predicted octanol–water partition coefficient (Wildman–Crippen LogP) is 3.10. The Morgan fingerprint density at radius 1 is 1.55 bits per heavy atom. The minimum atomic E-state index is 0.456. The summed E-state index contributed by atoms with van der Waals surface area (Å²) in [6, 6.07) is 0. The van der Waals surface area contributed by atoms with E-state index in [0.717, 1.165) is 5.92 Å². The van der Waals surface area contributed by atoms with Gasteiger partial charge in [-0.2, -0.15) is 23.5 Å². The highest BCUT2D eigenvalue weighted by atomic mass is 35.5. The number of thioether (sulfide) groups is 2. The summed E-state index contributed by atoms with van der Waals surface area (Å²) in [5.41, 5.74) is 0. The van der Waals surface area contributed by atoms with E-state index in [4.69, 9.17) is 11.6 Å². The summed E-state index contributed by atoms with van der Waals surface area (Å²) in [6.07, 6.45) is 1.32. The van der Waals surface area contributed by atoms with Crippen LogP contribution in [0.1, 0.15) is 13.3 Å². The summed E-state index contributed by atoms with van der Waals surface area (Å²) >= 11 is 10.2. The van der Waals surface area contributed by atoms with Crippen LogP contribution in [0.4, 0.5) is 0 Å². The Labute approximate surface area is 82.8 Å². The first-order valence-electron chi connectivity index (χ1n) is 4.14. The molecule has 3 heteroatoms. The van der Waals surface area contributed by atoms with Crippen molar-refractivity contribution in [1.82, 2.24) is 0 Å². The molecule has 1 heterocycles. The minimum absolute atomic E-state index is 0.456. The van der Waals surface area contributed by atoms with E-state index in [1.807, 2.05) is 23.5 Å². The molecule has 0 aliphatic carbocycles. The van der Waals surface area contributed by atoms with Crippen LogP contribution >= 0.6 is 35.1 Å². The van der Waals surface area contributed by atoms with Gasteiger partial charge in [0.2, 0.25) is 0 Å². The van der Waals surface area contributed by atoms with E-state index in [1.54, 1.807) is 0 Å². The average molecular weight is 211 g/mol. The zero-order valence-electron chi connectivity index (χ0n) is 6.88. The van der Waals surface area contributed by atoms with Gasteiger partial charge in [0.05, 0.1) is 0 Å². The zero-order valence-corrected chi connectivity index (χ0v) is 9.27. The second kappa shape index (κ2) is 5.60. The Morgan fingerprint density at radius 2 is 2.36 bits per heavy atom. The van der Waals surface area contributed by atoms with Gasteiger partial charge in [-0.25, -0.2) is 0 Å². The van der Waals surface area contributed by atoms with Gasteiger partial charge in [-0.1, -0.05) is 6.92 Å². The van der Waals surface area contributed by atoms with Gasteiger partial charge in [0.15, 0.2) is 0 Å². The van der Waals surface area contributed by atoms with E-state index in [9.17, 15) is 0 Å². The molecule has 2 unspecified atom stereocenters. The van der Waals surface area contributed by atoms with Gasteiger partial charge >= 0.3 is 0 Å². The molecule has 0 radical (unpaired) electrons. The van der Waals surface area contributed by atoms with E-state index in [1.165, 1.54) is 29.4 Å². The molecule has 11 heavy (non-hydrogen) atoms. The Morgan fingerprint density at radius 3 is 2.91 bits per heavy atom. The van der Waals surface area contributed by atoms with Crippen LogP contribution < -0.4 is 0 Å². The monoisotopic (exact) mass is 210 g/mol. The van der Waals surface area contributed by atoms with Gasteiger partial charge in [-0.15, -0.1) is 11.6 Å². The van der Waals surface area contributed by atoms with Crippen LogP contribution in [0.3, 0.4) is 0 Å². The van der Waals surface area contributed by atoms with Crippen molar-refractivity contribution in [2.24, 2.45) is 5.92 Å². The van der Waals surface area contributed by atoms with Gasteiger partial charge in [0, 0.05) is 11.1 Å². The van der Waals surface area contributed by atoms with Crippen LogP contribution in [0.2, 0.25) is 0 Å². The summed E-state index contributed by atoms with van der Waals surface area (Å²) < 4.78 is 0. The molecule has 0 aromatic carbocycles. The lowest BCUT2D eigenvalue weighted by atomic mass is 10.1. The molecule has 0 saturated carbocycles. The van der Waals surface area contributed by atoms with Crippen LogP contribution in [0.5, 0.6) is 0 Å². The lowest BCUT2D eigenvalue weighted by molar-refractivity contribution is 0.590. The maximum Gasteiger partial charge on any atom is 0.0462 e. The van der Waals surface area contributed by atoms with Crippen molar-refractivity contribution in [2.45, 2.75) is 18.7 Å². The lowest BCUT2D eigenvalue weighted by Gasteiger charge is -2.10. The van der Waals surface area contributed by atoms with E-state index in [-0.39, 0.29) is 0 Å². The molecule has 1 saturated heterocycles. The number of hydrogen-bond donors (Lipinski definition) is 0. The molecule has 0 N–H and O–H groups in total. The quantitative estimate of drug-likeness (QED) is 0.517. The number of alkyl halides is 1. The number of rotatable bonds is 4. The fraction of sp³-hybridized carbons (Fsp3) is 1.00. The third-order valence-corrected chi connectivity index (χ3v) is 4.84. The second-order valence-corrected chi connectivity index (χ2v) is 5.83. The number of halogens is 1. The smallest absolute Gasteiger partial charge is 0.0462 e. The third kappa shape index (κ3) is 3.47. The first kappa shape index (κ1) is 10.1. The minimum Gasteiger partial charge on any atom is -0.162 e. The third-order valence-electron chi connectivity index (χ3n) is 1.96. The molecule has 1 aliphatic rings. The first-order chi connectivity index (χ1) is 5.34. The van der Waals surface area contributed by atoms with Gasteiger partial charge in [-0.3, -0.25) is 0 Å². The second-order valence-electron chi connectivity index (χ2n) is 2.80. The maximum absolute atomic E-state index is 6.13. The molecule has 1 rings (SSSR count). The predicted molar refractivity (Wildman–Crippen MR) is 58.1 cm³/mol. The highest BCUT2D eigenvalue weighted by Crippen LogP contribution is 2.31. The molecular formula is C8H15ClS2. The van der Waals surface area contributed by atoms with Crippen LogP contribution in [-0.4, -0.2) is 28.4 Å². The van der Waals surface area contributed by atoms with Gasteiger partial charge in [0.25, 0.3) is 0 Å². The van der Waals surface area contributed by atoms with E-state index in [2.05, 4.69) is 6.92 Å². The van der Waals surface area contributed by atoms with Crippen molar-refractivity contribution in [3.63, 3.8) is 0 Å². The van der Waals surface area contributed by atoms with Crippen molar-refractivity contribution in [3.8, 4) is 0 Å². The molecule has 0 spiro atoms. The SMILES string of the molecule is CCSCCC1CSCC1Cl. The van der Waals surface area contributed by atoms with Crippen molar-refractivity contribution in [2.75, 3.05) is 23.0 Å². The summed E-state index contributed by atoms with van der Waals surface area (Å²) in [4.78, 5) is 0. The summed E-state index contributed by atoms with van der Waals surface area (Å²) in [7, 11) is 0. The van der Waals surface area contributed by atoms with Crippen LogP contribution in [0.25, 0.3) is 0 Å². The van der Waals surface area contributed by atoms with Crippen molar-refractivity contribution in [3.05, 3.63) is 0 Å². The van der Waals surface area contributed by atoms with E-state index < -0.39 is 0 Å². The van der Waals surface area contributed by atoms with E-state index >= 15 is 0 Å². The molecular weight excluding hydrogens is 196 g/mol. The molecule has 1 aliphatic heterocycles.